The molecule has 14 heteroatoms. The van der Waals surface area contributed by atoms with Crippen molar-refractivity contribution in [2.45, 2.75) is 78.1 Å². The van der Waals surface area contributed by atoms with Crippen molar-refractivity contribution in [3.05, 3.63) is 0 Å². The van der Waals surface area contributed by atoms with E-state index < -0.39 is 0 Å². The second kappa shape index (κ2) is 31.8. The number of aliphatic hydroxyl groups excluding tert-OH is 1. The predicted octanol–water partition coefficient (Wildman–Crippen LogP) is 8.60. The van der Waals surface area contributed by atoms with Crippen LogP contribution < -0.4 is 0 Å². The molecule has 0 aromatic heterocycles. The van der Waals surface area contributed by atoms with Crippen molar-refractivity contribution < 1.29 is 24.2 Å². The van der Waals surface area contributed by atoms with Gasteiger partial charge in [0.15, 0.2) is 0 Å². The molecule has 0 aromatic rings. The normalized spacial score (nSPS) is 10.4. The van der Waals surface area contributed by atoms with Crippen molar-refractivity contribution in [3.63, 3.8) is 0 Å². The molecule has 0 aliphatic rings. The standard InChI is InChI=1S/C9H17BrO2.C9H18O3.H10P8/c2*1-2-12-9(11)7-5-3-4-6-8-10;1-6(2)8(5)7(3)4/h2-8H2,1H3;10H,2-8H2,1H3;1-5H2. The Hall–Kier alpha value is 2.82. The molecule has 0 heterocycles. The van der Waals surface area contributed by atoms with Crippen LogP contribution in [0.15, 0.2) is 0 Å². The number of unbranched alkanes of at least 4 members (excludes halogenated alkanes) is 6. The Labute approximate surface area is 220 Å². The average molecular weight is 669 g/mol. The van der Waals surface area contributed by atoms with Crippen LogP contribution in [0.4, 0.5) is 0 Å². The lowest BCUT2D eigenvalue weighted by Gasteiger charge is -2.18. The molecule has 5 atom stereocenters. The molecule has 0 bridgehead atoms. The monoisotopic (exact) mass is 668 g/mol. The molecule has 0 rings (SSSR count). The zero-order valence-corrected chi connectivity index (χ0v) is 29.6. The van der Waals surface area contributed by atoms with E-state index >= 15 is 0 Å². The topological polar surface area (TPSA) is 72.8 Å². The van der Waals surface area contributed by atoms with Gasteiger partial charge in [-0.2, -0.15) is 0 Å². The Balaban J connectivity index is -0.000000404. The maximum atomic E-state index is 10.8. The largest absolute Gasteiger partial charge is 0.466 e. The second-order valence-corrected chi connectivity index (χ2v) is 35.3. The molecule has 0 fully saturated rings. The first kappa shape index (κ1) is 39.3. The Morgan fingerprint density at radius 1 is 0.719 bits per heavy atom. The number of hydrogen-bond donors (Lipinski definition) is 1. The van der Waals surface area contributed by atoms with E-state index in [0.29, 0.717) is 26.1 Å². The minimum atomic E-state index is -0.110. The Bertz CT molecular complexity index is 387. The van der Waals surface area contributed by atoms with Crippen LogP contribution in [0.2, 0.25) is 0 Å². The average Bonchev–Trinajstić information content (AvgIpc) is 2.74. The first-order valence-electron chi connectivity index (χ1n) is 10.8. The van der Waals surface area contributed by atoms with Gasteiger partial charge in [-0.05, 0) is 60.5 Å². The number of ether oxygens (including phenoxy) is 2. The summed E-state index contributed by atoms with van der Waals surface area (Å²) in [5, 5.41) is 9.53. The number of halogens is 1. The first-order valence-corrected chi connectivity index (χ1v) is 25.4. The smallest absolute Gasteiger partial charge is 0.305 e. The van der Waals surface area contributed by atoms with E-state index in [-0.39, 0.29) is 39.5 Å². The van der Waals surface area contributed by atoms with Gasteiger partial charge in [-0.3, -0.25) is 9.59 Å². The summed E-state index contributed by atoms with van der Waals surface area (Å²) in [6, 6.07) is 0. The molecule has 1 N–H and O–H groups in total. The van der Waals surface area contributed by atoms with Gasteiger partial charge in [0.1, 0.15) is 0 Å². The number of esters is 2. The van der Waals surface area contributed by atoms with Gasteiger partial charge in [0.2, 0.25) is 0 Å². The molecule has 0 saturated heterocycles. The predicted molar refractivity (Wildman–Crippen MR) is 170 cm³/mol. The van der Waals surface area contributed by atoms with Crippen LogP contribution in [0, 0.1) is 0 Å². The van der Waals surface area contributed by atoms with Crippen molar-refractivity contribution in [3.8, 4) is 0 Å². The molecule has 0 aliphatic carbocycles. The number of carbonyl (C=O) groups excluding carboxylic acids is 2. The van der Waals surface area contributed by atoms with Gasteiger partial charge in [0, 0.05) is 24.8 Å². The lowest BCUT2D eigenvalue weighted by molar-refractivity contribution is -0.144. The molecule has 0 amide bonds. The van der Waals surface area contributed by atoms with Crippen LogP contribution in [0.3, 0.4) is 0 Å². The summed E-state index contributed by atoms with van der Waals surface area (Å²) < 4.78 is 9.56. The molecule has 194 valence electrons. The number of aliphatic hydroxyl groups is 1. The summed E-state index contributed by atoms with van der Waals surface area (Å²) in [6.45, 7) is 5.36. The minimum absolute atomic E-state index is 0.0589. The number of hydrogen-bond acceptors (Lipinski definition) is 5. The summed E-state index contributed by atoms with van der Waals surface area (Å²) >= 11 is 3.36. The van der Waals surface area contributed by atoms with E-state index in [2.05, 4.69) is 60.6 Å². The molecule has 5 unspecified atom stereocenters. The summed E-state index contributed by atoms with van der Waals surface area (Å²) in [6.07, 6.45) is 9.29. The number of carbonyl (C=O) groups is 2. The fourth-order valence-corrected chi connectivity index (χ4v) is 31.3. The zero-order chi connectivity index (χ0) is 25.2. The van der Waals surface area contributed by atoms with Gasteiger partial charge < -0.3 is 14.6 Å². The summed E-state index contributed by atoms with van der Waals surface area (Å²) in [5.74, 6) is -0.169. The Morgan fingerprint density at radius 2 is 1.09 bits per heavy atom. The maximum Gasteiger partial charge on any atom is 0.305 e. The first-order chi connectivity index (χ1) is 15.2. The van der Waals surface area contributed by atoms with Crippen LogP contribution in [0.1, 0.15) is 78.1 Å². The van der Waals surface area contributed by atoms with E-state index in [0.717, 1.165) is 43.9 Å². The molecule has 0 aliphatic heterocycles. The second-order valence-electron chi connectivity index (χ2n) is 6.43. The van der Waals surface area contributed by atoms with Gasteiger partial charge in [0.25, 0.3) is 0 Å². The third-order valence-corrected chi connectivity index (χ3v) is 42.1. The molecular formula is C18H45BrO5P8. The highest BCUT2D eigenvalue weighted by Gasteiger charge is 2.09. The van der Waals surface area contributed by atoms with Gasteiger partial charge in [0.05, 0.1) is 13.2 Å². The third kappa shape index (κ3) is 35.0. The maximum absolute atomic E-state index is 10.8. The Kier molecular flexibility index (Phi) is 39.1. The molecule has 32 heavy (non-hydrogen) atoms. The van der Waals surface area contributed by atoms with E-state index in [1.54, 1.807) is 0 Å². The fourth-order valence-electron chi connectivity index (χ4n) is 2.04. The van der Waals surface area contributed by atoms with Gasteiger partial charge >= 0.3 is 11.9 Å². The van der Waals surface area contributed by atoms with Crippen LogP contribution in [0.5, 0.6) is 0 Å². The highest BCUT2D eigenvalue weighted by molar-refractivity contribution is 9.09. The fraction of sp³-hybridized carbons (Fsp3) is 0.889. The molecule has 0 saturated carbocycles. The van der Waals surface area contributed by atoms with Crippen molar-refractivity contribution in [2.75, 3.05) is 25.2 Å². The van der Waals surface area contributed by atoms with Crippen LogP contribution in [-0.2, 0) is 19.1 Å². The minimum Gasteiger partial charge on any atom is -0.466 e. The zero-order valence-electron chi connectivity index (χ0n) is 19.6. The van der Waals surface area contributed by atoms with Gasteiger partial charge in [-0.1, -0.05) is 41.6 Å². The van der Waals surface area contributed by atoms with Crippen molar-refractivity contribution in [1.29, 1.82) is 0 Å². The van der Waals surface area contributed by atoms with Gasteiger partial charge in [-0.15, -0.1) is 44.6 Å². The van der Waals surface area contributed by atoms with Crippen LogP contribution >= 0.6 is 81.5 Å². The molecule has 0 radical (unpaired) electrons. The van der Waals surface area contributed by atoms with E-state index in [1.807, 2.05) is 13.8 Å². The lowest BCUT2D eigenvalue weighted by atomic mass is 10.1. The quantitative estimate of drug-likeness (QED) is 0.0772. The third-order valence-electron chi connectivity index (χ3n) is 3.64. The summed E-state index contributed by atoms with van der Waals surface area (Å²) in [4.78, 5) is 21.6. The summed E-state index contributed by atoms with van der Waals surface area (Å²) in [5.41, 5.74) is 0. The van der Waals surface area contributed by atoms with Crippen molar-refractivity contribution in [1.82, 2.24) is 0 Å². The van der Waals surface area contributed by atoms with Gasteiger partial charge in [-0.25, -0.2) is 0 Å². The molecule has 0 aromatic carbocycles. The highest BCUT2D eigenvalue weighted by Crippen LogP contribution is 3.00. The highest BCUT2D eigenvalue weighted by atomic mass is 79.9. The lowest BCUT2D eigenvalue weighted by Crippen LogP contribution is -2.03. The Morgan fingerprint density at radius 3 is 1.38 bits per heavy atom. The van der Waals surface area contributed by atoms with Crippen molar-refractivity contribution in [2.24, 2.45) is 0 Å². The summed E-state index contributed by atoms with van der Waals surface area (Å²) in [7, 11) is 14.4. The van der Waals surface area contributed by atoms with E-state index in [4.69, 9.17) is 14.6 Å². The molecular weight excluding hydrogens is 624 g/mol. The number of alkyl halides is 1. The van der Waals surface area contributed by atoms with E-state index in [9.17, 15) is 9.59 Å². The number of rotatable bonds is 16. The SMILES string of the molecule is CCOC(=O)CCCCCCBr.CCOC(=O)CCCCCCO.PP(P)P(P)P(P)P. The van der Waals surface area contributed by atoms with Crippen LogP contribution in [-0.4, -0.2) is 42.2 Å². The van der Waals surface area contributed by atoms with Crippen LogP contribution in [0.25, 0.3) is 0 Å². The molecule has 5 nitrogen and oxygen atoms in total. The van der Waals surface area contributed by atoms with E-state index in [1.165, 1.54) is 12.8 Å². The molecule has 0 spiro atoms. The van der Waals surface area contributed by atoms with Crippen molar-refractivity contribution >= 4 is 93.5 Å².